The van der Waals surface area contributed by atoms with Crippen molar-refractivity contribution in [2.75, 3.05) is 18.4 Å². The summed E-state index contributed by atoms with van der Waals surface area (Å²) in [6, 6.07) is 14.9. The van der Waals surface area contributed by atoms with E-state index in [0.29, 0.717) is 5.02 Å². The third-order valence-electron chi connectivity index (χ3n) is 3.40. The maximum absolute atomic E-state index is 11.9. The molecule has 23 heavy (non-hydrogen) atoms. The first-order valence-corrected chi connectivity index (χ1v) is 7.72. The average Bonchev–Trinajstić information content (AvgIpc) is 3.09. The van der Waals surface area contributed by atoms with E-state index in [1.54, 1.807) is 18.2 Å². The number of benzene rings is 2. The van der Waals surface area contributed by atoms with Crippen molar-refractivity contribution in [1.82, 2.24) is 5.32 Å². The van der Waals surface area contributed by atoms with Gasteiger partial charge in [0.15, 0.2) is 0 Å². The first kappa shape index (κ1) is 15.3. The van der Waals surface area contributed by atoms with Crippen molar-refractivity contribution in [3.05, 3.63) is 70.8 Å². The monoisotopic (exact) mass is 325 g/mol. The van der Waals surface area contributed by atoms with Gasteiger partial charge in [0.2, 0.25) is 5.91 Å². The van der Waals surface area contributed by atoms with Crippen molar-refractivity contribution in [3.63, 3.8) is 0 Å². The van der Waals surface area contributed by atoms with Gasteiger partial charge < -0.3 is 10.6 Å². The molecule has 1 heterocycles. The van der Waals surface area contributed by atoms with Crippen LogP contribution in [-0.2, 0) is 4.79 Å². The van der Waals surface area contributed by atoms with Gasteiger partial charge in [0.05, 0.1) is 6.54 Å². The molecular formula is C18H16ClN3O. The molecule has 1 aliphatic rings. The summed E-state index contributed by atoms with van der Waals surface area (Å²) in [4.78, 5) is 16.3. The van der Waals surface area contributed by atoms with E-state index >= 15 is 0 Å². The average molecular weight is 326 g/mol. The molecule has 2 N–H and O–H groups in total. The molecule has 0 fully saturated rings. The molecule has 0 aliphatic carbocycles. The van der Waals surface area contributed by atoms with Crippen LogP contribution in [0.25, 0.3) is 6.08 Å². The number of amides is 1. The van der Waals surface area contributed by atoms with E-state index in [2.05, 4.69) is 15.6 Å². The van der Waals surface area contributed by atoms with E-state index in [9.17, 15) is 4.79 Å². The predicted octanol–water partition coefficient (Wildman–Crippen LogP) is 3.34. The third kappa shape index (κ3) is 4.20. The Balaban J connectivity index is 1.60. The van der Waals surface area contributed by atoms with Crippen LogP contribution < -0.4 is 10.6 Å². The van der Waals surface area contributed by atoms with E-state index in [1.165, 1.54) is 6.08 Å². The Kier molecular flexibility index (Phi) is 4.74. The number of anilines is 1. The van der Waals surface area contributed by atoms with Crippen LogP contribution in [0.2, 0.25) is 5.02 Å². The number of carbonyl (C=O) groups is 1. The molecule has 0 saturated carbocycles. The molecule has 116 valence electrons. The Labute approximate surface area is 139 Å². The molecule has 1 amide bonds. The van der Waals surface area contributed by atoms with Crippen molar-refractivity contribution in [3.8, 4) is 0 Å². The molecule has 2 aromatic carbocycles. The summed E-state index contributed by atoms with van der Waals surface area (Å²) in [5, 5.41) is 6.72. The number of amidine groups is 1. The summed E-state index contributed by atoms with van der Waals surface area (Å²) >= 11 is 5.83. The van der Waals surface area contributed by atoms with Crippen LogP contribution in [0, 0.1) is 0 Å². The normalized spacial score (nSPS) is 13.7. The van der Waals surface area contributed by atoms with Gasteiger partial charge in [0, 0.05) is 28.9 Å². The van der Waals surface area contributed by atoms with Gasteiger partial charge in [-0.15, -0.1) is 0 Å². The standard InChI is InChI=1S/C18H16ClN3O/c19-15-6-1-13(2-7-15)3-10-17(23)22-16-8-4-14(5-9-16)18-20-11-12-21-18/h1-10H,11-12H2,(H,20,21)(H,22,23)/b10-3+. The van der Waals surface area contributed by atoms with Gasteiger partial charge in [-0.05, 0) is 48.0 Å². The molecule has 5 heteroatoms. The largest absolute Gasteiger partial charge is 0.368 e. The van der Waals surface area contributed by atoms with Gasteiger partial charge >= 0.3 is 0 Å². The fourth-order valence-electron chi connectivity index (χ4n) is 2.23. The number of hydrogen-bond acceptors (Lipinski definition) is 3. The Morgan fingerprint density at radius 3 is 2.52 bits per heavy atom. The highest BCUT2D eigenvalue weighted by molar-refractivity contribution is 6.30. The van der Waals surface area contributed by atoms with Crippen LogP contribution in [0.3, 0.4) is 0 Å². The van der Waals surface area contributed by atoms with E-state index in [1.807, 2.05) is 36.4 Å². The highest BCUT2D eigenvalue weighted by Crippen LogP contribution is 2.12. The van der Waals surface area contributed by atoms with E-state index in [4.69, 9.17) is 11.6 Å². The van der Waals surface area contributed by atoms with Crippen LogP contribution in [0.1, 0.15) is 11.1 Å². The number of nitrogens with zero attached hydrogens (tertiary/aromatic N) is 1. The highest BCUT2D eigenvalue weighted by Gasteiger charge is 2.07. The zero-order valence-electron chi connectivity index (χ0n) is 12.4. The SMILES string of the molecule is O=C(/C=C/c1ccc(Cl)cc1)Nc1ccc(C2=NCCN2)cc1. The molecule has 0 atom stereocenters. The Morgan fingerprint density at radius 2 is 1.87 bits per heavy atom. The van der Waals surface area contributed by atoms with E-state index in [0.717, 1.165) is 35.7 Å². The first-order chi connectivity index (χ1) is 11.2. The number of halogens is 1. The summed E-state index contributed by atoms with van der Waals surface area (Å²) in [7, 11) is 0. The Hall–Kier alpha value is -2.59. The summed E-state index contributed by atoms with van der Waals surface area (Å²) in [5.41, 5.74) is 2.69. The van der Waals surface area contributed by atoms with Crippen LogP contribution in [0.4, 0.5) is 5.69 Å². The van der Waals surface area contributed by atoms with Crippen molar-refractivity contribution >= 4 is 35.1 Å². The van der Waals surface area contributed by atoms with Gasteiger partial charge in [0.25, 0.3) is 0 Å². The molecule has 0 saturated heterocycles. The second-order valence-corrected chi connectivity index (χ2v) is 5.55. The minimum atomic E-state index is -0.177. The van der Waals surface area contributed by atoms with Gasteiger partial charge in [-0.2, -0.15) is 0 Å². The fourth-order valence-corrected chi connectivity index (χ4v) is 2.36. The minimum Gasteiger partial charge on any atom is -0.368 e. The third-order valence-corrected chi connectivity index (χ3v) is 3.65. The number of rotatable bonds is 4. The number of hydrogen-bond donors (Lipinski definition) is 2. The van der Waals surface area contributed by atoms with Crippen molar-refractivity contribution in [1.29, 1.82) is 0 Å². The van der Waals surface area contributed by atoms with Gasteiger partial charge in [-0.3, -0.25) is 9.79 Å². The van der Waals surface area contributed by atoms with Gasteiger partial charge in [0.1, 0.15) is 5.84 Å². The molecule has 2 aromatic rings. The van der Waals surface area contributed by atoms with Crippen molar-refractivity contribution in [2.45, 2.75) is 0 Å². The quantitative estimate of drug-likeness (QED) is 0.847. The fraction of sp³-hybridized carbons (Fsp3) is 0.111. The predicted molar refractivity (Wildman–Crippen MR) is 95.0 cm³/mol. The summed E-state index contributed by atoms with van der Waals surface area (Å²) in [5.74, 6) is 0.731. The Bertz CT molecular complexity index is 749. The lowest BCUT2D eigenvalue weighted by atomic mass is 10.2. The smallest absolute Gasteiger partial charge is 0.248 e. The lowest BCUT2D eigenvalue weighted by molar-refractivity contribution is -0.111. The van der Waals surface area contributed by atoms with E-state index in [-0.39, 0.29) is 5.91 Å². The molecule has 1 aliphatic heterocycles. The molecule has 4 nitrogen and oxygen atoms in total. The number of carbonyl (C=O) groups excluding carboxylic acids is 1. The zero-order valence-corrected chi connectivity index (χ0v) is 13.2. The molecule has 0 spiro atoms. The lowest BCUT2D eigenvalue weighted by Gasteiger charge is -2.05. The highest BCUT2D eigenvalue weighted by atomic mass is 35.5. The summed E-state index contributed by atoms with van der Waals surface area (Å²) < 4.78 is 0. The summed E-state index contributed by atoms with van der Waals surface area (Å²) in [6.45, 7) is 1.69. The van der Waals surface area contributed by atoms with Crippen LogP contribution in [0.15, 0.2) is 59.6 Å². The molecule has 3 rings (SSSR count). The van der Waals surface area contributed by atoms with Gasteiger partial charge in [-0.25, -0.2) is 0 Å². The molecule has 0 bridgehead atoms. The number of nitrogens with one attached hydrogen (secondary N) is 2. The van der Waals surface area contributed by atoms with Crippen LogP contribution in [-0.4, -0.2) is 24.8 Å². The first-order valence-electron chi connectivity index (χ1n) is 7.34. The van der Waals surface area contributed by atoms with E-state index < -0.39 is 0 Å². The molecule has 0 unspecified atom stereocenters. The van der Waals surface area contributed by atoms with Crippen LogP contribution in [0.5, 0.6) is 0 Å². The molecular weight excluding hydrogens is 310 g/mol. The lowest BCUT2D eigenvalue weighted by Crippen LogP contribution is -2.19. The van der Waals surface area contributed by atoms with Gasteiger partial charge in [-0.1, -0.05) is 23.7 Å². The minimum absolute atomic E-state index is 0.177. The van der Waals surface area contributed by atoms with Crippen molar-refractivity contribution in [2.24, 2.45) is 4.99 Å². The topological polar surface area (TPSA) is 53.5 Å². The number of aliphatic imine (C=N–C) groups is 1. The second-order valence-electron chi connectivity index (χ2n) is 5.11. The van der Waals surface area contributed by atoms with Crippen LogP contribution >= 0.6 is 11.6 Å². The Morgan fingerprint density at radius 1 is 1.13 bits per heavy atom. The maximum Gasteiger partial charge on any atom is 0.248 e. The zero-order chi connectivity index (χ0) is 16.1. The maximum atomic E-state index is 11.9. The molecule has 0 aromatic heterocycles. The second kappa shape index (κ2) is 7.11. The summed E-state index contributed by atoms with van der Waals surface area (Å²) in [6.07, 6.45) is 3.25. The molecule has 0 radical (unpaired) electrons. The van der Waals surface area contributed by atoms with Crippen molar-refractivity contribution < 1.29 is 4.79 Å².